The topological polar surface area (TPSA) is 53.0 Å². The molecule has 0 aromatic heterocycles. The monoisotopic (exact) mass is 332 g/mol. The summed E-state index contributed by atoms with van der Waals surface area (Å²) in [6.07, 6.45) is -4.27. The lowest BCUT2D eigenvalue weighted by atomic mass is 9.84. The molecule has 1 aliphatic rings. The Balaban J connectivity index is 2.10. The third kappa shape index (κ3) is 4.28. The number of piperidine rings is 1. The van der Waals surface area contributed by atoms with Gasteiger partial charge in [0.15, 0.2) is 0 Å². The van der Waals surface area contributed by atoms with Gasteiger partial charge in [0, 0.05) is 27.2 Å². The second-order valence-corrected chi connectivity index (χ2v) is 5.77. The molecule has 1 N–H and O–H groups in total. The van der Waals surface area contributed by atoms with Crippen LogP contribution in [0.4, 0.5) is 18.0 Å². The largest absolute Gasteiger partial charge is 0.573 e. The van der Waals surface area contributed by atoms with Gasteiger partial charge in [-0.15, -0.1) is 13.2 Å². The van der Waals surface area contributed by atoms with E-state index in [0.717, 1.165) is 0 Å². The molecule has 1 aromatic rings. The normalized spacial score (nSPS) is 17.7. The van der Waals surface area contributed by atoms with E-state index in [1.54, 1.807) is 25.1 Å². The molecule has 0 aliphatic carbocycles. The number of hydrogen-bond acceptors (Lipinski definition) is 3. The molecule has 0 atom stereocenters. The van der Waals surface area contributed by atoms with Crippen LogP contribution in [-0.2, 0) is 5.60 Å². The number of carbonyl (C=O) groups is 1. The maximum Gasteiger partial charge on any atom is 0.573 e. The molecule has 128 valence electrons. The lowest BCUT2D eigenvalue weighted by molar-refractivity contribution is -0.274. The van der Waals surface area contributed by atoms with E-state index in [0.29, 0.717) is 18.7 Å². The Kier molecular flexibility index (Phi) is 4.74. The summed E-state index contributed by atoms with van der Waals surface area (Å²) in [5, 5.41) is 10.7. The Morgan fingerprint density at radius 1 is 1.30 bits per heavy atom. The molecule has 5 nitrogen and oxygen atoms in total. The quantitative estimate of drug-likeness (QED) is 0.905. The minimum atomic E-state index is -4.78. The molecule has 0 bridgehead atoms. The second kappa shape index (κ2) is 6.27. The summed E-state index contributed by atoms with van der Waals surface area (Å²) in [5.74, 6) is -0.366. The Bertz CT molecular complexity index is 567. The fourth-order valence-electron chi connectivity index (χ4n) is 2.62. The molecule has 1 fully saturated rings. The number of nitrogens with zero attached hydrogens (tertiary/aromatic N) is 2. The van der Waals surface area contributed by atoms with E-state index in [-0.39, 0.29) is 24.6 Å². The number of amides is 2. The van der Waals surface area contributed by atoms with Gasteiger partial charge < -0.3 is 19.6 Å². The average molecular weight is 332 g/mol. The zero-order valence-corrected chi connectivity index (χ0v) is 12.9. The maximum absolute atomic E-state index is 12.3. The Labute approximate surface area is 132 Å². The van der Waals surface area contributed by atoms with Gasteiger partial charge in [-0.05, 0) is 30.5 Å². The Morgan fingerprint density at radius 2 is 1.91 bits per heavy atom. The first-order valence-corrected chi connectivity index (χ1v) is 7.16. The molecular formula is C15H19F3N2O3. The zero-order chi connectivity index (χ0) is 17.3. The summed E-state index contributed by atoms with van der Waals surface area (Å²) in [7, 11) is 3.28. The highest BCUT2D eigenvalue weighted by Crippen LogP contribution is 2.35. The van der Waals surface area contributed by atoms with E-state index in [1.165, 1.54) is 23.1 Å². The molecule has 0 spiro atoms. The van der Waals surface area contributed by atoms with Crippen molar-refractivity contribution in [3.8, 4) is 5.75 Å². The standard InChI is InChI=1S/C15H19F3N2O3/c1-19(2)13(21)20-8-6-14(22,7-9-20)11-4-3-5-12(10-11)23-15(16,17)18/h3-5,10,22H,6-9H2,1-2H3. The molecule has 1 heterocycles. The van der Waals surface area contributed by atoms with Crippen LogP contribution in [0.25, 0.3) is 0 Å². The molecule has 1 saturated heterocycles. The van der Waals surface area contributed by atoms with Crippen LogP contribution in [0.5, 0.6) is 5.75 Å². The SMILES string of the molecule is CN(C)C(=O)N1CCC(O)(c2cccc(OC(F)(F)F)c2)CC1. The Hall–Kier alpha value is -1.96. The molecule has 0 saturated carbocycles. The van der Waals surface area contributed by atoms with Gasteiger partial charge in [-0.3, -0.25) is 0 Å². The third-order valence-corrected chi connectivity index (χ3v) is 3.85. The predicted molar refractivity (Wildman–Crippen MR) is 76.9 cm³/mol. The van der Waals surface area contributed by atoms with Crippen molar-refractivity contribution in [1.29, 1.82) is 0 Å². The number of likely N-dealkylation sites (tertiary alicyclic amines) is 1. The lowest BCUT2D eigenvalue weighted by Crippen LogP contribution is -2.48. The zero-order valence-electron chi connectivity index (χ0n) is 12.9. The van der Waals surface area contributed by atoms with E-state index in [1.807, 2.05) is 0 Å². The van der Waals surface area contributed by atoms with Crippen LogP contribution in [0.1, 0.15) is 18.4 Å². The van der Waals surface area contributed by atoms with Crippen molar-refractivity contribution in [1.82, 2.24) is 9.80 Å². The first-order chi connectivity index (χ1) is 10.6. The summed E-state index contributed by atoms with van der Waals surface area (Å²) < 4.78 is 40.8. The van der Waals surface area contributed by atoms with Crippen LogP contribution in [0.3, 0.4) is 0 Å². The molecule has 2 amide bonds. The second-order valence-electron chi connectivity index (χ2n) is 5.77. The highest BCUT2D eigenvalue weighted by molar-refractivity contribution is 5.73. The Morgan fingerprint density at radius 3 is 2.43 bits per heavy atom. The van der Waals surface area contributed by atoms with Crippen LogP contribution in [0.2, 0.25) is 0 Å². The summed E-state index contributed by atoms with van der Waals surface area (Å²) >= 11 is 0. The first kappa shape index (κ1) is 17.4. The van der Waals surface area contributed by atoms with Gasteiger partial charge >= 0.3 is 12.4 Å². The van der Waals surface area contributed by atoms with Gasteiger partial charge in [0.25, 0.3) is 0 Å². The van der Waals surface area contributed by atoms with Crippen LogP contribution in [-0.4, -0.2) is 54.5 Å². The molecule has 2 rings (SSSR count). The number of benzene rings is 1. The fraction of sp³-hybridized carbons (Fsp3) is 0.533. The summed E-state index contributed by atoms with van der Waals surface area (Å²) in [6.45, 7) is 0.662. The third-order valence-electron chi connectivity index (χ3n) is 3.85. The summed E-state index contributed by atoms with van der Waals surface area (Å²) in [4.78, 5) is 14.9. The van der Waals surface area contributed by atoms with E-state index in [2.05, 4.69) is 4.74 Å². The van der Waals surface area contributed by atoms with Crippen molar-refractivity contribution in [2.24, 2.45) is 0 Å². The number of alkyl halides is 3. The van der Waals surface area contributed by atoms with E-state index >= 15 is 0 Å². The number of hydrogen-bond donors (Lipinski definition) is 1. The van der Waals surface area contributed by atoms with Crippen molar-refractivity contribution in [3.05, 3.63) is 29.8 Å². The molecule has 1 aromatic carbocycles. The van der Waals surface area contributed by atoms with Crippen LogP contribution >= 0.6 is 0 Å². The highest BCUT2D eigenvalue weighted by Gasteiger charge is 2.37. The fourth-order valence-corrected chi connectivity index (χ4v) is 2.62. The van der Waals surface area contributed by atoms with E-state index in [4.69, 9.17) is 0 Å². The number of rotatable bonds is 2. The van der Waals surface area contributed by atoms with Gasteiger partial charge in [-0.1, -0.05) is 12.1 Å². The minimum absolute atomic E-state index is 0.152. The molecular weight excluding hydrogens is 313 g/mol. The van der Waals surface area contributed by atoms with Crippen molar-refractivity contribution < 1.29 is 27.8 Å². The maximum atomic E-state index is 12.3. The van der Waals surface area contributed by atoms with Gasteiger partial charge in [-0.2, -0.15) is 0 Å². The average Bonchev–Trinajstić information content (AvgIpc) is 2.46. The molecule has 0 unspecified atom stereocenters. The smallest absolute Gasteiger partial charge is 0.406 e. The van der Waals surface area contributed by atoms with E-state index < -0.39 is 12.0 Å². The van der Waals surface area contributed by atoms with Crippen LogP contribution < -0.4 is 4.74 Å². The predicted octanol–water partition coefficient (Wildman–Crippen LogP) is 2.55. The molecule has 8 heteroatoms. The van der Waals surface area contributed by atoms with Crippen molar-refractivity contribution in [2.45, 2.75) is 24.8 Å². The molecule has 0 radical (unpaired) electrons. The summed E-state index contributed by atoms with van der Waals surface area (Å²) in [5.41, 5.74) is -0.912. The van der Waals surface area contributed by atoms with Gasteiger partial charge in [-0.25, -0.2) is 4.79 Å². The first-order valence-electron chi connectivity index (χ1n) is 7.16. The lowest BCUT2D eigenvalue weighted by Gasteiger charge is -2.39. The van der Waals surface area contributed by atoms with Crippen molar-refractivity contribution in [2.75, 3.05) is 27.2 Å². The van der Waals surface area contributed by atoms with Crippen molar-refractivity contribution >= 4 is 6.03 Å². The minimum Gasteiger partial charge on any atom is -0.406 e. The highest BCUT2D eigenvalue weighted by atomic mass is 19.4. The van der Waals surface area contributed by atoms with Crippen molar-refractivity contribution in [3.63, 3.8) is 0 Å². The van der Waals surface area contributed by atoms with E-state index in [9.17, 15) is 23.1 Å². The molecule has 23 heavy (non-hydrogen) atoms. The van der Waals surface area contributed by atoms with Gasteiger partial charge in [0.05, 0.1) is 5.60 Å². The van der Waals surface area contributed by atoms with Gasteiger partial charge in [0.2, 0.25) is 0 Å². The molecule has 1 aliphatic heterocycles. The van der Waals surface area contributed by atoms with Crippen LogP contribution in [0.15, 0.2) is 24.3 Å². The number of ether oxygens (including phenoxy) is 1. The number of carbonyl (C=O) groups excluding carboxylic acids is 1. The number of halogens is 3. The summed E-state index contributed by atoms with van der Waals surface area (Å²) in [6, 6.07) is 5.20. The van der Waals surface area contributed by atoms with Gasteiger partial charge in [0.1, 0.15) is 5.75 Å². The van der Waals surface area contributed by atoms with Crippen LogP contribution in [0, 0.1) is 0 Å². The number of aliphatic hydroxyl groups is 1. The number of urea groups is 1.